The van der Waals surface area contributed by atoms with Gasteiger partial charge in [0.1, 0.15) is 0 Å². The minimum absolute atomic E-state index is 0.0420. The summed E-state index contributed by atoms with van der Waals surface area (Å²) >= 11 is 7.66. The monoisotopic (exact) mass is 491 g/mol. The van der Waals surface area contributed by atoms with Crippen molar-refractivity contribution in [3.05, 3.63) is 82.0 Å². The maximum Gasteiger partial charge on any atom is 0.264 e. The van der Waals surface area contributed by atoms with Crippen LogP contribution >= 0.6 is 23.4 Å². The number of carbonyl (C=O) groups is 2. The molecular weight excluding hydrogens is 470 g/mol. The SMILES string of the molecule is CN1C(=O)C(=Cc2ccccc2Cl)Sc2ccc(C(=O)N3CCN(c4ncccn4)CC3)cc21. The molecule has 2 amide bonds. The second-order valence-electron chi connectivity index (χ2n) is 8.01. The van der Waals surface area contributed by atoms with Gasteiger partial charge in [0.25, 0.3) is 11.8 Å². The molecule has 1 fully saturated rings. The Bertz CT molecular complexity index is 1280. The molecule has 0 unspecified atom stereocenters. The molecule has 0 atom stereocenters. The number of thioether (sulfide) groups is 1. The smallest absolute Gasteiger partial charge is 0.264 e. The molecule has 0 saturated carbocycles. The van der Waals surface area contributed by atoms with E-state index in [2.05, 4.69) is 14.9 Å². The van der Waals surface area contributed by atoms with Crippen molar-refractivity contribution in [3.63, 3.8) is 0 Å². The number of fused-ring (bicyclic) bond motifs is 1. The summed E-state index contributed by atoms with van der Waals surface area (Å²) in [6, 6.07) is 14.8. The average molecular weight is 492 g/mol. The molecule has 2 aromatic carbocycles. The van der Waals surface area contributed by atoms with Crippen molar-refractivity contribution in [2.24, 2.45) is 0 Å². The van der Waals surface area contributed by atoms with Gasteiger partial charge in [0.05, 0.1) is 10.6 Å². The van der Waals surface area contributed by atoms with Gasteiger partial charge in [0.2, 0.25) is 5.95 Å². The van der Waals surface area contributed by atoms with E-state index in [9.17, 15) is 9.59 Å². The molecular formula is C25H22ClN5O2S. The summed E-state index contributed by atoms with van der Waals surface area (Å²) in [6.45, 7) is 2.51. The quantitative estimate of drug-likeness (QED) is 0.511. The molecule has 3 aromatic rings. The van der Waals surface area contributed by atoms with Crippen molar-refractivity contribution < 1.29 is 9.59 Å². The number of hydrogen-bond acceptors (Lipinski definition) is 6. The van der Waals surface area contributed by atoms with Gasteiger partial charge < -0.3 is 14.7 Å². The Morgan fingerprint density at radius 2 is 1.76 bits per heavy atom. The molecule has 2 aliphatic heterocycles. The fourth-order valence-corrected chi connectivity index (χ4v) is 5.28. The van der Waals surface area contributed by atoms with Crippen LogP contribution < -0.4 is 9.80 Å². The first-order chi connectivity index (χ1) is 16.5. The van der Waals surface area contributed by atoms with Gasteiger partial charge in [-0.3, -0.25) is 9.59 Å². The second-order valence-corrected chi connectivity index (χ2v) is 9.50. The van der Waals surface area contributed by atoms with Gasteiger partial charge in [-0.05, 0) is 42.0 Å². The molecule has 2 aliphatic rings. The number of benzene rings is 2. The van der Waals surface area contributed by atoms with Crippen LogP contribution in [0.2, 0.25) is 5.02 Å². The lowest BCUT2D eigenvalue weighted by Gasteiger charge is -2.35. The van der Waals surface area contributed by atoms with E-state index in [1.807, 2.05) is 47.4 Å². The third-order valence-electron chi connectivity index (χ3n) is 5.90. The number of anilines is 2. The van der Waals surface area contributed by atoms with Crippen LogP contribution in [0.3, 0.4) is 0 Å². The predicted molar refractivity (Wildman–Crippen MR) is 135 cm³/mol. The van der Waals surface area contributed by atoms with Crippen molar-refractivity contribution in [2.45, 2.75) is 4.90 Å². The van der Waals surface area contributed by atoms with Crippen molar-refractivity contribution in [3.8, 4) is 0 Å². The van der Waals surface area contributed by atoms with Crippen LogP contribution in [-0.4, -0.2) is 59.9 Å². The van der Waals surface area contributed by atoms with E-state index in [0.717, 1.165) is 16.1 Å². The lowest BCUT2D eigenvalue weighted by atomic mass is 10.1. The molecule has 7 nitrogen and oxygen atoms in total. The van der Waals surface area contributed by atoms with Gasteiger partial charge in [0, 0.05) is 61.1 Å². The van der Waals surface area contributed by atoms with Crippen LogP contribution in [0.25, 0.3) is 6.08 Å². The van der Waals surface area contributed by atoms with Gasteiger partial charge in [-0.25, -0.2) is 9.97 Å². The summed E-state index contributed by atoms with van der Waals surface area (Å²) in [5.41, 5.74) is 2.10. The summed E-state index contributed by atoms with van der Waals surface area (Å²) in [7, 11) is 1.73. The van der Waals surface area contributed by atoms with E-state index in [-0.39, 0.29) is 11.8 Å². The maximum absolute atomic E-state index is 13.2. The standard InChI is InChI=1S/C25H22ClN5O2S/c1-29-20-15-18(23(32)30-11-13-31(14-12-30)25-27-9-4-10-28-25)7-8-21(20)34-22(24(29)33)16-17-5-2-3-6-19(17)26/h2-10,15-16H,11-14H2,1H3. The van der Waals surface area contributed by atoms with E-state index < -0.39 is 0 Å². The lowest BCUT2D eigenvalue weighted by molar-refractivity contribution is -0.114. The van der Waals surface area contributed by atoms with Crippen molar-refractivity contribution >= 4 is 52.9 Å². The molecule has 5 rings (SSSR count). The van der Waals surface area contributed by atoms with Gasteiger partial charge in [-0.2, -0.15) is 0 Å². The highest BCUT2D eigenvalue weighted by atomic mass is 35.5. The zero-order valence-electron chi connectivity index (χ0n) is 18.5. The largest absolute Gasteiger partial charge is 0.337 e. The minimum atomic E-state index is -0.126. The first kappa shape index (κ1) is 22.4. The highest BCUT2D eigenvalue weighted by Crippen LogP contribution is 2.42. The molecule has 1 aromatic heterocycles. The Labute approximate surface area is 207 Å². The molecule has 0 N–H and O–H groups in total. The van der Waals surface area contributed by atoms with Crippen molar-refractivity contribution in [1.29, 1.82) is 0 Å². The Kier molecular flexibility index (Phi) is 6.26. The molecule has 0 bridgehead atoms. The minimum Gasteiger partial charge on any atom is -0.337 e. The van der Waals surface area contributed by atoms with E-state index in [0.29, 0.717) is 47.6 Å². The van der Waals surface area contributed by atoms with Crippen molar-refractivity contribution in [2.75, 3.05) is 43.0 Å². The predicted octanol–water partition coefficient (Wildman–Crippen LogP) is 4.20. The van der Waals surface area contributed by atoms with Crippen LogP contribution in [0, 0.1) is 0 Å². The van der Waals surface area contributed by atoms with Crippen LogP contribution in [0.4, 0.5) is 11.6 Å². The van der Waals surface area contributed by atoms with Crippen LogP contribution in [0.1, 0.15) is 15.9 Å². The number of rotatable bonds is 3. The number of piperazine rings is 1. The van der Waals surface area contributed by atoms with Crippen LogP contribution in [0.5, 0.6) is 0 Å². The summed E-state index contributed by atoms with van der Waals surface area (Å²) in [6.07, 6.45) is 5.25. The summed E-state index contributed by atoms with van der Waals surface area (Å²) in [5, 5.41) is 0.594. The average Bonchev–Trinajstić information content (AvgIpc) is 2.88. The van der Waals surface area contributed by atoms with Crippen LogP contribution in [0.15, 0.2) is 70.7 Å². The van der Waals surface area contributed by atoms with Gasteiger partial charge in [-0.15, -0.1) is 0 Å². The van der Waals surface area contributed by atoms with Gasteiger partial charge in [0.15, 0.2) is 0 Å². The normalized spacial score (nSPS) is 17.2. The van der Waals surface area contributed by atoms with Gasteiger partial charge >= 0.3 is 0 Å². The van der Waals surface area contributed by atoms with E-state index >= 15 is 0 Å². The molecule has 9 heteroatoms. The Balaban J connectivity index is 1.32. The third-order valence-corrected chi connectivity index (χ3v) is 7.32. The number of amides is 2. The zero-order chi connectivity index (χ0) is 23.7. The molecule has 172 valence electrons. The third kappa shape index (κ3) is 4.38. The fraction of sp³-hybridized carbons (Fsp3) is 0.200. The van der Waals surface area contributed by atoms with E-state index in [4.69, 9.17) is 11.6 Å². The lowest BCUT2D eigenvalue weighted by Crippen LogP contribution is -2.49. The van der Waals surface area contributed by atoms with Crippen molar-refractivity contribution in [1.82, 2.24) is 14.9 Å². The number of aromatic nitrogens is 2. The number of hydrogen-bond donors (Lipinski definition) is 0. The Morgan fingerprint density at radius 3 is 2.50 bits per heavy atom. The molecule has 34 heavy (non-hydrogen) atoms. The van der Waals surface area contributed by atoms with Crippen LogP contribution in [-0.2, 0) is 4.79 Å². The molecule has 1 saturated heterocycles. The number of nitrogens with zero attached hydrogens (tertiary/aromatic N) is 5. The Morgan fingerprint density at radius 1 is 1.03 bits per heavy atom. The first-order valence-electron chi connectivity index (χ1n) is 10.9. The molecule has 3 heterocycles. The zero-order valence-corrected chi connectivity index (χ0v) is 20.1. The first-order valence-corrected chi connectivity index (χ1v) is 12.1. The molecule has 0 radical (unpaired) electrons. The van der Waals surface area contributed by atoms with Gasteiger partial charge in [-0.1, -0.05) is 41.6 Å². The van der Waals surface area contributed by atoms with E-state index in [1.54, 1.807) is 36.5 Å². The highest BCUT2D eigenvalue weighted by molar-refractivity contribution is 8.04. The topological polar surface area (TPSA) is 69.6 Å². The highest BCUT2D eigenvalue weighted by Gasteiger charge is 2.29. The van der Waals surface area contributed by atoms with E-state index in [1.165, 1.54) is 11.8 Å². The fourth-order valence-electron chi connectivity index (χ4n) is 4.01. The summed E-state index contributed by atoms with van der Waals surface area (Å²) < 4.78 is 0. The summed E-state index contributed by atoms with van der Waals surface area (Å²) in [5.74, 6) is 0.513. The molecule has 0 spiro atoms. The number of carbonyl (C=O) groups excluding carboxylic acids is 2. The number of likely N-dealkylation sites (N-methyl/N-ethyl adjacent to an activating group) is 1. The Hall–Kier alpha value is -3.36. The molecule has 0 aliphatic carbocycles. The second kappa shape index (κ2) is 9.48. The number of halogens is 1. The summed E-state index contributed by atoms with van der Waals surface area (Å²) in [4.78, 5) is 41.8. The maximum atomic E-state index is 13.2.